The highest BCUT2D eigenvalue weighted by molar-refractivity contribution is 4.92. The van der Waals surface area contributed by atoms with Crippen LogP contribution in [-0.4, -0.2) is 60.6 Å². The number of nitrogens with one attached hydrogen (secondary N) is 1. The van der Waals surface area contributed by atoms with Gasteiger partial charge in [-0.25, -0.2) is 0 Å². The zero-order valence-electron chi connectivity index (χ0n) is 12.7. The highest BCUT2D eigenvalue weighted by atomic mass is 15.3. The summed E-state index contributed by atoms with van der Waals surface area (Å²) >= 11 is 0. The van der Waals surface area contributed by atoms with Crippen molar-refractivity contribution in [2.75, 3.05) is 26.7 Å². The summed E-state index contributed by atoms with van der Waals surface area (Å²) in [5.41, 5.74) is 0. The van der Waals surface area contributed by atoms with Gasteiger partial charge >= 0.3 is 0 Å². The summed E-state index contributed by atoms with van der Waals surface area (Å²) in [4.78, 5) is 5.37. The first-order valence-electron chi connectivity index (χ1n) is 7.81. The maximum atomic E-state index is 3.54. The minimum absolute atomic E-state index is 0.642. The maximum absolute atomic E-state index is 3.54. The van der Waals surface area contributed by atoms with Crippen LogP contribution in [0.3, 0.4) is 0 Å². The third-order valence-corrected chi connectivity index (χ3v) is 5.05. The maximum Gasteiger partial charge on any atom is 0.0223 e. The molecule has 2 fully saturated rings. The zero-order valence-corrected chi connectivity index (χ0v) is 12.7. The second kappa shape index (κ2) is 6.36. The van der Waals surface area contributed by atoms with Gasteiger partial charge in [0.25, 0.3) is 0 Å². The molecule has 2 rings (SSSR count). The number of fused-ring (bicyclic) bond motifs is 2. The Morgan fingerprint density at radius 1 is 1.17 bits per heavy atom. The van der Waals surface area contributed by atoms with Gasteiger partial charge in [-0.15, -0.1) is 0 Å². The van der Waals surface area contributed by atoms with E-state index in [4.69, 9.17) is 0 Å². The molecule has 0 aliphatic carbocycles. The van der Waals surface area contributed by atoms with Crippen molar-refractivity contribution in [3.63, 3.8) is 0 Å². The Morgan fingerprint density at radius 3 is 2.61 bits per heavy atom. The molecule has 0 aromatic heterocycles. The minimum Gasteiger partial charge on any atom is -0.314 e. The number of nitrogens with zero attached hydrogens (tertiary/aromatic N) is 2. The van der Waals surface area contributed by atoms with Gasteiger partial charge in [0.15, 0.2) is 0 Å². The van der Waals surface area contributed by atoms with E-state index in [0.717, 1.165) is 18.6 Å². The van der Waals surface area contributed by atoms with Gasteiger partial charge in [-0.2, -0.15) is 0 Å². The summed E-state index contributed by atoms with van der Waals surface area (Å²) in [5.74, 6) is 0. The lowest BCUT2D eigenvalue weighted by molar-refractivity contribution is 0.166. The third kappa shape index (κ3) is 3.25. The number of hydrogen-bond donors (Lipinski definition) is 1. The van der Waals surface area contributed by atoms with Gasteiger partial charge in [0, 0.05) is 30.7 Å². The molecule has 2 heterocycles. The summed E-state index contributed by atoms with van der Waals surface area (Å²) in [7, 11) is 2.33. The van der Waals surface area contributed by atoms with Crippen LogP contribution in [0.25, 0.3) is 0 Å². The van der Waals surface area contributed by atoms with Crippen LogP contribution in [0, 0.1) is 0 Å². The van der Waals surface area contributed by atoms with Crippen LogP contribution >= 0.6 is 0 Å². The molecule has 4 atom stereocenters. The molecule has 0 amide bonds. The highest BCUT2D eigenvalue weighted by Gasteiger charge is 2.35. The van der Waals surface area contributed by atoms with Gasteiger partial charge in [-0.1, -0.05) is 6.92 Å². The largest absolute Gasteiger partial charge is 0.314 e. The number of rotatable bonds is 5. The summed E-state index contributed by atoms with van der Waals surface area (Å²) in [6.45, 7) is 10.6. The molecular weight excluding hydrogens is 222 g/mol. The first-order chi connectivity index (χ1) is 8.61. The van der Waals surface area contributed by atoms with Crippen LogP contribution in [0.15, 0.2) is 0 Å². The summed E-state index contributed by atoms with van der Waals surface area (Å²) in [6, 6.07) is 3.03. The summed E-state index contributed by atoms with van der Waals surface area (Å²) in [6.07, 6.45) is 5.48. The second-order valence-corrected chi connectivity index (χ2v) is 6.38. The van der Waals surface area contributed by atoms with E-state index >= 15 is 0 Å². The van der Waals surface area contributed by atoms with Crippen molar-refractivity contribution in [2.24, 2.45) is 0 Å². The molecule has 2 aliphatic heterocycles. The van der Waals surface area contributed by atoms with Gasteiger partial charge in [-0.3, -0.25) is 9.80 Å². The van der Waals surface area contributed by atoms with E-state index in [9.17, 15) is 0 Å². The van der Waals surface area contributed by atoms with Crippen LogP contribution in [0.4, 0.5) is 0 Å². The van der Waals surface area contributed by atoms with E-state index in [1.165, 1.54) is 38.8 Å². The molecule has 0 aromatic rings. The predicted octanol–water partition coefficient (Wildman–Crippen LogP) is 1.93. The smallest absolute Gasteiger partial charge is 0.0223 e. The average molecular weight is 253 g/mol. The monoisotopic (exact) mass is 253 g/mol. The first-order valence-corrected chi connectivity index (χ1v) is 7.81. The Hall–Kier alpha value is -0.120. The molecular formula is C15H31N3. The molecule has 3 nitrogen and oxygen atoms in total. The second-order valence-electron chi connectivity index (χ2n) is 6.38. The standard InChI is InChI=1S/C15H31N3/c1-5-16-12(2)10-13(3)18-9-8-14-6-7-15(11-18)17(14)4/h12-16H,5-11H2,1-4H3. The van der Waals surface area contributed by atoms with Crippen LogP contribution in [-0.2, 0) is 0 Å². The molecule has 0 radical (unpaired) electrons. The molecule has 1 N–H and O–H groups in total. The Labute approximate surface area is 113 Å². The fourth-order valence-corrected chi connectivity index (χ4v) is 3.83. The van der Waals surface area contributed by atoms with E-state index in [1.807, 2.05) is 0 Å². The van der Waals surface area contributed by atoms with Crippen molar-refractivity contribution >= 4 is 0 Å². The molecule has 18 heavy (non-hydrogen) atoms. The first kappa shape index (κ1) is 14.3. The van der Waals surface area contributed by atoms with Crippen LogP contribution in [0.5, 0.6) is 0 Å². The van der Waals surface area contributed by atoms with Crippen molar-refractivity contribution in [1.82, 2.24) is 15.1 Å². The SMILES string of the molecule is CCNC(C)CC(C)N1CCC2CCC(C1)N2C. The van der Waals surface area contributed by atoms with Crippen molar-refractivity contribution in [2.45, 2.75) is 70.6 Å². The van der Waals surface area contributed by atoms with E-state index in [2.05, 4.69) is 42.9 Å². The predicted molar refractivity (Wildman–Crippen MR) is 78.0 cm³/mol. The summed E-state index contributed by atoms with van der Waals surface area (Å²) < 4.78 is 0. The van der Waals surface area contributed by atoms with Crippen LogP contribution in [0.1, 0.15) is 46.5 Å². The number of hydrogen-bond acceptors (Lipinski definition) is 3. The zero-order chi connectivity index (χ0) is 13.1. The van der Waals surface area contributed by atoms with Gasteiger partial charge < -0.3 is 5.32 Å². The van der Waals surface area contributed by atoms with Gasteiger partial charge in [0.05, 0.1) is 0 Å². The lowest BCUT2D eigenvalue weighted by Gasteiger charge is -2.32. The van der Waals surface area contributed by atoms with Crippen molar-refractivity contribution in [3.05, 3.63) is 0 Å². The van der Waals surface area contributed by atoms with E-state index in [1.54, 1.807) is 0 Å². The topological polar surface area (TPSA) is 18.5 Å². The highest BCUT2D eigenvalue weighted by Crippen LogP contribution is 2.29. The fraction of sp³-hybridized carbons (Fsp3) is 1.00. The van der Waals surface area contributed by atoms with Crippen LogP contribution < -0.4 is 5.32 Å². The molecule has 2 bridgehead atoms. The lowest BCUT2D eigenvalue weighted by atomic mass is 10.0. The molecule has 2 saturated heterocycles. The minimum atomic E-state index is 0.642. The van der Waals surface area contributed by atoms with E-state index in [0.29, 0.717) is 12.1 Å². The normalized spacial score (nSPS) is 33.3. The van der Waals surface area contributed by atoms with E-state index in [-0.39, 0.29) is 0 Å². The average Bonchev–Trinajstić information content (AvgIpc) is 2.52. The molecule has 4 unspecified atom stereocenters. The van der Waals surface area contributed by atoms with Crippen LogP contribution in [0.2, 0.25) is 0 Å². The summed E-state index contributed by atoms with van der Waals surface area (Å²) in [5, 5.41) is 3.54. The van der Waals surface area contributed by atoms with Gasteiger partial charge in [0.1, 0.15) is 0 Å². The number of likely N-dealkylation sites (N-methyl/N-ethyl adjacent to an activating group) is 1. The molecule has 0 saturated carbocycles. The van der Waals surface area contributed by atoms with Gasteiger partial charge in [0.2, 0.25) is 0 Å². The van der Waals surface area contributed by atoms with Crippen molar-refractivity contribution in [1.29, 1.82) is 0 Å². The van der Waals surface area contributed by atoms with E-state index < -0.39 is 0 Å². The molecule has 0 spiro atoms. The van der Waals surface area contributed by atoms with Crippen molar-refractivity contribution < 1.29 is 0 Å². The Balaban J connectivity index is 1.85. The quantitative estimate of drug-likeness (QED) is 0.808. The molecule has 2 aliphatic rings. The Bertz CT molecular complexity index is 256. The Kier molecular flexibility index (Phi) is 5.05. The van der Waals surface area contributed by atoms with Crippen molar-refractivity contribution in [3.8, 4) is 0 Å². The van der Waals surface area contributed by atoms with Gasteiger partial charge in [-0.05, 0) is 59.7 Å². The fourth-order valence-electron chi connectivity index (χ4n) is 3.83. The molecule has 0 aromatic carbocycles. The molecule has 3 heteroatoms. The lowest BCUT2D eigenvalue weighted by Crippen LogP contribution is -2.43. The number of likely N-dealkylation sites (tertiary alicyclic amines) is 1. The Morgan fingerprint density at radius 2 is 1.89 bits per heavy atom. The third-order valence-electron chi connectivity index (χ3n) is 5.05. The molecule has 106 valence electrons.